The number of methoxy groups -OCH3 is 1. The van der Waals surface area contributed by atoms with E-state index in [0.717, 1.165) is 55.2 Å². The first kappa shape index (κ1) is 23.1. The molecule has 1 aromatic carbocycles. The van der Waals surface area contributed by atoms with Crippen molar-refractivity contribution < 1.29 is 4.74 Å². The Morgan fingerprint density at radius 1 is 1.28 bits per heavy atom. The van der Waals surface area contributed by atoms with Crippen molar-refractivity contribution >= 4 is 17.7 Å². The van der Waals surface area contributed by atoms with Gasteiger partial charge in [0.1, 0.15) is 11.6 Å². The lowest BCUT2D eigenvalue weighted by Gasteiger charge is -2.22. The molecule has 160 valence electrons. The molecule has 1 heterocycles. The second kappa shape index (κ2) is 11.7. The second-order valence-corrected chi connectivity index (χ2v) is 8.16. The molecule has 0 spiro atoms. The van der Waals surface area contributed by atoms with Crippen molar-refractivity contribution in [2.75, 3.05) is 34.0 Å². The van der Waals surface area contributed by atoms with Crippen LogP contribution in [0.2, 0.25) is 0 Å². The zero-order valence-corrected chi connectivity index (χ0v) is 19.3. The number of thioether (sulfide) groups is 1. The quantitative estimate of drug-likeness (QED) is 0.276. The van der Waals surface area contributed by atoms with Crippen molar-refractivity contribution in [3.63, 3.8) is 0 Å². The minimum Gasteiger partial charge on any atom is -0.497 e. The number of aryl methyl sites for hydroxylation is 1. The van der Waals surface area contributed by atoms with Crippen LogP contribution in [-0.2, 0) is 19.5 Å². The number of hydrogen-bond donors (Lipinski definition) is 1. The summed E-state index contributed by atoms with van der Waals surface area (Å²) >= 11 is 1.65. The molecule has 0 unspecified atom stereocenters. The van der Waals surface area contributed by atoms with Gasteiger partial charge in [0, 0.05) is 40.2 Å². The van der Waals surface area contributed by atoms with Gasteiger partial charge in [-0.05, 0) is 36.3 Å². The predicted octanol–water partition coefficient (Wildman–Crippen LogP) is 3.30. The van der Waals surface area contributed by atoms with Crippen LogP contribution in [0.15, 0.2) is 34.4 Å². The highest BCUT2D eigenvalue weighted by Gasteiger charge is 2.13. The minimum atomic E-state index is 0.569. The van der Waals surface area contributed by atoms with E-state index in [1.165, 1.54) is 5.56 Å². The van der Waals surface area contributed by atoms with E-state index in [2.05, 4.69) is 62.2 Å². The van der Waals surface area contributed by atoms with Gasteiger partial charge in [0.25, 0.3) is 0 Å². The lowest BCUT2D eigenvalue weighted by molar-refractivity contribution is 0.414. The van der Waals surface area contributed by atoms with Crippen molar-refractivity contribution in [1.29, 1.82) is 0 Å². The molecule has 0 aliphatic carbocycles. The molecule has 0 saturated heterocycles. The van der Waals surface area contributed by atoms with Gasteiger partial charge in [0.05, 0.1) is 7.11 Å². The molecule has 0 amide bonds. The fraction of sp³-hybridized carbons (Fsp3) is 0.571. The largest absolute Gasteiger partial charge is 0.497 e. The summed E-state index contributed by atoms with van der Waals surface area (Å²) in [4.78, 5) is 6.53. The van der Waals surface area contributed by atoms with E-state index in [9.17, 15) is 0 Å². The average molecular weight is 419 g/mol. The number of aliphatic imine (C=N–C) groups is 1. The highest BCUT2D eigenvalue weighted by atomic mass is 32.2. The number of guanidine groups is 1. The maximum atomic E-state index is 5.22. The summed E-state index contributed by atoms with van der Waals surface area (Å²) in [6, 6.07) is 8.12. The van der Waals surface area contributed by atoms with Crippen molar-refractivity contribution in [2.45, 2.75) is 44.9 Å². The van der Waals surface area contributed by atoms with Crippen LogP contribution in [-0.4, -0.2) is 59.6 Å². The molecular weight excluding hydrogens is 384 g/mol. The van der Waals surface area contributed by atoms with E-state index >= 15 is 0 Å². The fourth-order valence-corrected chi connectivity index (χ4v) is 3.64. The number of hydrogen-bond acceptors (Lipinski definition) is 5. The Bertz CT molecular complexity index is 772. The van der Waals surface area contributed by atoms with Crippen LogP contribution in [0.25, 0.3) is 0 Å². The van der Waals surface area contributed by atoms with E-state index in [4.69, 9.17) is 4.74 Å². The van der Waals surface area contributed by atoms with Gasteiger partial charge < -0.3 is 19.5 Å². The second-order valence-electron chi connectivity index (χ2n) is 7.39. The Balaban J connectivity index is 1.84. The average Bonchev–Trinajstić information content (AvgIpc) is 3.09. The van der Waals surface area contributed by atoms with Crippen LogP contribution in [0.1, 0.15) is 31.7 Å². The zero-order valence-electron chi connectivity index (χ0n) is 18.5. The molecule has 0 atom stereocenters. The van der Waals surface area contributed by atoms with Gasteiger partial charge in [0.15, 0.2) is 11.1 Å². The van der Waals surface area contributed by atoms with Gasteiger partial charge in [0.2, 0.25) is 0 Å². The molecule has 0 bridgehead atoms. The summed E-state index contributed by atoms with van der Waals surface area (Å²) < 4.78 is 7.47. The molecule has 2 rings (SSSR count). The molecule has 8 heteroatoms. The molecule has 0 radical (unpaired) electrons. The number of nitrogens with one attached hydrogen (secondary N) is 1. The Kier molecular flexibility index (Phi) is 9.31. The molecule has 0 aliphatic heterocycles. The third-order valence-electron chi connectivity index (χ3n) is 4.54. The number of aromatic nitrogens is 3. The van der Waals surface area contributed by atoms with Crippen LogP contribution in [0, 0.1) is 5.92 Å². The first-order valence-corrected chi connectivity index (χ1v) is 11.2. The summed E-state index contributed by atoms with van der Waals surface area (Å²) in [5.41, 5.74) is 1.21. The predicted molar refractivity (Wildman–Crippen MR) is 121 cm³/mol. The van der Waals surface area contributed by atoms with E-state index in [1.807, 2.05) is 26.2 Å². The SMILES string of the molecule is CN=C(NCCCc1nnc(SC)n1CC(C)C)N(C)Cc1ccc(OC)cc1. The summed E-state index contributed by atoms with van der Waals surface area (Å²) in [6.07, 6.45) is 3.92. The zero-order chi connectivity index (χ0) is 21.2. The summed E-state index contributed by atoms with van der Waals surface area (Å²) in [5.74, 6) is 3.38. The van der Waals surface area contributed by atoms with E-state index in [1.54, 1.807) is 18.9 Å². The van der Waals surface area contributed by atoms with Crippen LogP contribution >= 0.6 is 11.8 Å². The molecule has 7 nitrogen and oxygen atoms in total. The first-order valence-electron chi connectivity index (χ1n) is 9.99. The van der Waals surface area contributed by atoms with Crippen molar-refractivity contribution in [3.8, 4) is 5.75 Å². The van der Waals surface area contributed by atoms with E-state index in [0.29, 0.717) is 5.92 Å². The minimum absolute atomic E-state index is 0.569. The van der Waals surface area contributed by atoms with Gasteiger partial charge in [-0.3, -0.25) is 4.99 Å². The van der Waals surface area contributed by atoms with Crippen LogP contribution < -0.4 is 10.1 Å². The van der Waals surface area contributed by atoms with Gasteiger partial charge in [-0.15, -0.1) is 10.2 Å². The summed E-state index contributed by atoms with van der Waals surface area (Å²) in [6.45, 7) is 7.01. The van der Waals surface area contributed by atoms with Gasteiger partial charge >= 0.3 is 0 Å². The third-order valence-corrected chi connectivity index (χ3v) is 5.20. The lowest BCUT2D eigenvalue weighted by Crippen LogP contribution is -2.39. The Labute approximate surface area is 179 Å². The van der Waals surface area contributed by atoms with E-state index < -0.39 is 0 Å². The van der Waals surface area contributed by atoms with Crippen molar-refractivity contribution in [1.82, 2.24) is 25.0 Å². The van der Waals surface area contributed by atoms with Gasteiger partial charge in [-0.25, -0.2) is 0 Å². The first-order chi connectivity index (χ1) is 14.0. The highest BCUT2D eigenvalue weighted by molar-refractivity contribution is 7.98. The normalized spacial score (nSPS) is 11.8. The molecule has 0 aliphatic rings. The highest BCUT2D eigenvalue weighted by Crippen LogP contribution is 2.17. The third kappa shape index (κ3) is 6.96. The fourth-order valence-electron chi connectivity index (χ4n) is 3.11. The van der Waals surface area contributed by atoms with Gasteiger partial charge in [-0.2, -0.15) is 0 Å². The summed E-state index contributed by atoms with van der Waals surface area (Å²) in [7, 11) is 5.54. The number of nitrogens with zero attached hydrogens (tertiary/aromatic N) is 5. The lowest BCUT2D eigenvalue weighted by atomic mass is 10.2. The molecule has 2 aromatic rings. The standard InChI is InChI=1S/C21H34N6OS/c1-16(2)14-27-19(24-25-21(27)29-6)8-7-13-23-20(22-3)26(4)15-17-9-11-18(28-5)12-10-17/h9-12,16H,7-8,13-15H2,1-6H3,(H,22,23). The molecule has 29 heavy (non-hydrogen) atoms. The Hall–Kier alpha value is -2.22. The number of ether oxygens (including phenoxy) is 1. The number of benzene rings is 1. The topological polar surface area (TPSA) is 67.6 Å². The molecule has 1 aromatic heterocycles. The molecule has 1 N–H and O–H groups in total. The molecule has 0 saturated carbocycles. The van der Waals surface area contributed by atoms with Crippen molar-refractivity contribution in [3.05, 3.63) is 35.7 Å². The Morgan fingerprint density at radius 2 is 2.00 bits per heavy atom. The van der Waals surface area contributed by atoms with Crippen molar-refractivity contribution in [2.24, 2.45) is 10.9 Å². The van der Waals surface area contributed by atoms with E-state index in [-0.39, 0.29) is 0 Å². The Morgan fingerprint density at radius 3 is 2.59 bits per heavy atom. The summed E-state index contributed by atoms with van der Waals surface area (Å²) in [5, 5.41) is 13.2. The monoisotopic (exact) mass is 418 g/mol. The van der Waals surface area contributed by atoms with Crippen LogP contribution in [0.3, 0.4) is 0 Å². The van der Waals surface area contributed by atoms with Gasteiger partial charge in [-0.1, -0.05) is 37.7 Å². The molecular formula is C21H34N6OS. The molecule has 0 fully saturated rings. The number of rotatable bonds is 10. The maximum absolute atomic E-state index is 5.22. The maximum Gasteiger partial charge on any atom is 0.193 e. The smallest absolute Gasteiger partial charge is 0.193 e. The van der Waals surface area contributed by atoms with Crippen LogP contribution in [0.5, 0.6) is 5.75 Å². The van der Waals surface area contributed by atoms with Crippen LogP contribution in [0.4, 0.5) is 0 Å².